The van der Waals surface area contributed by atoms with E-state index in [1.807, 2.05) is 0 Å². The Kier molecular flexibility index (Phi) is 4.33. The molecule has 0 aromatic carbocycles. The van der Waals surface area contributed by atoms with Gasteiger partial charge in [-0.05, 0) is 18.2 Å². The van der Waals surface area contributed by atoms with Crippen LogP contribution in [0.3, 0.4) is 0 Å². The minimum Gasteiger partial charge on any atom is -0.379 e. The van der Waals surface area contributed by atoms with Crippen LogP contribution in [0.2, 0.25) is 0 Å². The maximum Gasteiger partial charge on any atom is 0.433 e. The first-order valence-corrected chi connectivity index (χ1v) is 8.19. The molecular formula is C17H16F3N5O. The van der Waals surface area contributed by atoms with Gasteiger partial charge in [0.1, 0.15) is 0 Å². The molecule has 1 fully saturated rings. The standard InChI is InChI=1S/C17H16F3N5O/c18-17(19,20)15-9-14(13-3-1-2-4-21-13)23-16-12(10-22-25(15)16)11-24-5-7-26-8-6-24/h1-4,9-10H,5-8,11H2. The van der Waals surface area contributed by atoms with E-state index >= 15 is 0 Å². The number of rotatable bonds is 3. The average molecular weight is 363 g/mol. The fraction of sp³-hybridized carbons (Fsp3) is 0.353. The van der Waals surface area contributed by atoms with Crippen molar-refractivity contribution in [2.75, 3.05) is 26.3 Å². The van der Waals surface area contributed by atoms with Gasteiger partial charge in [0.25, 0.3) is 0 Å². The number of morpholine rings is 1. The number of alkyl halides is 3. The summed E-state index contributed by atoms with van der Waals surface area (Å²) in [6.07, 6.45) is -1.57. The van der Waals surface area contributed by atoms with Crippen LogP contribution in [0.5, 0.6) is 0 Å². The van der Waals surface area contributed by atoms with Crippen LogP contribution in [0.25, 0.3) is 17.0 Å². The molecule has 26 heavy (non-hydrogen) atoms. The molecule has 0 N–H and O–H groups in total. The number of ether oxygens (including phenoxy) is 1. The molecule has 0 atom stereocenters. The van der Waals surface area contributed by atoms with Gasteiger partial charge >= 0.3 is 6.18 Å². The highest BCUT2D eigenvalue weighted by Crippen LogP contribution is 2.32. The number of pyridine rings is 1. The number of nitrogens with zero attached hydrogens (tertiary/aromatic N) is 5. The number of halogens is 3. The van der Waals surface area contributed by atoms with Gasteiger partial charge in [-0.25, -0.2) is 9.50 Å². The Bertz CT molecular complexity index is 904. The average Bonchev–Trinajstić information content (AvgIpc) is 3.04. The Morgan fingerprint density at radius 3 is 2.62 bits per heavy atom. The molecule has 136 valence electrons. The quantitative estimate of drug-likeness (QED) is 0.716. The monoisotopic (exact) mass is 363 g/mol. The Morgan fingerprint density at radius 2 is 1.92 bits per heavy atom. The molecule has 0 unspecified atom stereocenters. The predicted octanol–water partition coefficient (Wildman–Crippen LogP) is 2.64. The lowest BCUT2D eigenvalue weighted by Gasteiger charge is -2.26. The first kappa shape index (κ1) is 16.9. The van der Waals surface area contributed by atoms with E-state index in [1.165, 1.54) is 12.4 Å². The molecule has 9 heteroatoms. The maximum absolute atomic E-state index is 13.5. The van der Waals surface area contributed by atoms with E-state index in [0.29, 0.717) is 31.0 Å². The Balaban J connectivity index is 1.82. The van der Waals surface area contributed by atoms with Crippen LogP contribution in [0.4, 0.5) is 13.2 Å². The van der Waals surface area contributed by atoms with E-state index in [0.717, 1.165) is 23.7 Å². The van der Waals surface area contributed by atoms with Crippen LogP contribution < -0.4 is 0 Å². The first-order chi connectivity index (χ1) is 12.5. The summed E-state index contributed by atoms with van der Waals surface area (Å²) in [6.45, 7) is 3.15. The van der Waals surface area contributed by atoms with E-state index < -0.39 is 11.9 Å². The van der Waals surface area contributed by atoms with Crippen molar-refractivity contribution in [1.82, 2.24) is 24.5 Å². The van der Waals surface area contributed by atoms with E-state index in [-0.39, 0.29) is 11.3 Å². The van der Waals surface area contributed by atoms with Gasteiger partial charge in [-0.2, -0.15) is 18.3 Å². The number of hydrogen-bond acceptors (Lipinski definition) is 5. The molecule has 1 aliphatic rings. The van der Waals surface area contributed by atoms with Crippen LogP contribution in [-0.2, 0) is 17.5 Å². The highest BCUT2D eigenvalue weighted by atomic mass is 19.4. The van der Waals surface area contributed by atoms with Crippen molar-refractivity contribution in [2.45, 2.75) is 12.7 Å². The SMILES string of the molecule is FC(F)(F)c1cc(-c2ccccn2)nc2c(CN3CCOCC3)cnn12. The van der Waals surface area contributed by atoms with Gasteiger partial charge in [-0.15, -0.1) is 0 Å². The summed E-state index contributed by atoms with van der Waals surface area (Å²) < 4.78 is 46.8. The largest absolute Gasteiger partial charge is 0.433 e. The van der Waals surface area contributed by atoms with Gasteiger partial charge in [0.2, 0.25) is 0 Å². The second-order valence-corrected chi connectivity index (χ2v) is 6.03. The molecule has 0 radical (unpaired) electrons. The minimum absolute atomic E-state index is 0.175. The summed E-state index contributed by atoms with van der Waals surface area (Å²) in [7, 11) is 0. The third kappa shape index (κ3) is 3.27. The van der Waals surface area contributed by atoms with Crippen LogP contribution in [0.15, 0.2) is 36.7 Å². The summed E-state index contributed by atoms with van der Waals surface area (Å²) >= 11 is 0. The van der Waals surface area contributed by atoms with Crippen LogP contribution in [-0.4, -0.2) is 50.8 Å². The van der Waals surface area contributed by atoms with Gasteiger partial charge in [0, 0.05) is 31.4 Å². The van der Waals surface area contributed by atoms with E-state index in [4.69, 9.17) is 4.74 Å². The third-order valence-electron chi connectivity index (χ3n) is 4.26. The van der Waals surface area contributed by atoms with Gasteiger partial charge in [-0.3, -0.25) is 9.88 Å². The second kappa shape index (κ2) is 6.65. The van der Waals surface area contributed by atoms with Crippen molar-refractivity contribution in [3.8, 4) is 11.4 Å². The molecule has 3 aromatic rings. The summed E-state index contributed by atoms with van der Waals surface area (Å²) in [5.74, 6) is 0. The van der Waals surface area contributed by atoms with Crippen LogP contribution in [0.1, 0.15) is 11.3 Å². The third-order valence-corrected chi connectivity index (χ3v) is 4.26. The van der Waals surface area contributed by atoms with Gasteiger partial charge in [0.05, 0.1) is 30.8 Å². The molecule has 0 spiro atoms. The zero-order chi connectivity index (χ0) is 18.1. The molecule has 4 rings (SSSR count). The van der Waals surface area contributed by atoms with Crippen molar-refractivity contribution < 1.29 is 17.9 Å². The first-order valence-electron chi connectivity index (χ1n) is 8.19. The summed E-state index contributed by atoms with van der Waals surface area (Å²) in [6, 6.07) is 6.04. The normalized spacial score (nSPS) is 16.3. The molecule has 4 heterocycles. The fourth-order valence-corrected chi connectivity index (χ4v) is 2.97. The molecule has 0 saturated carbocycles. The highest BCUT2D eigenvalue weighted by molar-refractivity contribution is 5.60. The topological polar surface area (TPSA) is 55.5 Å². The van der Waals surface area contributed by atoms with Gasteiger partial charge < -0.3 is 4.74 Å². The van der Waals surface area contributed by atoms with E-state index in [2.05, 4.69) is 20.0 Å². The minimum atomic E-state index is -4.55. The van der Waals surface area contributed by atoms with Crippen molar-refractivity contribution >= 4 is 5.65 Å². The Hall–Kier alpha value is -2.52. The molecular weight excluding hydrogens is 347 g/mol. The van der Waals surface area contributed by atoms with E-state index in [9.17, 15) is 13.2 Å². The summed E-state index contributed by atoms with van der Waals surface area (Å²) in [5.41, 5.74) is 0.548. The second-order valence-electron chi connectivity index (χ2n) is 6.03. The molecule has 0 aliphatic carbocycles. The lowest BCUT2D eigenvalue weighted by Crippen LogP contribution is -2.35. The van der Waals surface area contributed by atoms with Gasteiger partial charge in [-0.1, -0.05) is 6.07 Å². The maximum atomic E-state index is 13.5. The highest BCUT2D eigenvalue weighted by Gasteiger charge is 2.35. The zero-order valence-corrected chi connectivity index (χ0v) is 13.8. The van der Waals surface area contributed by atoms with Crippen molar-refractivity contribution in [3.05, 3.63) is 47.9 Å². The van der Waals surface area contributed by atoms with Crippen LogP contribution >= 0.6 is 0 Å². The molecule has 1 saturated heterocycles. The molecule has 0 amide bonds. The lowest BCUT2D eigenvalue weighted by atomic mass is 10.2. The molecule has 0 bridgehead atoms. The summed E-state index contributed by atoms with van der Waals surface area (Å²) in [4.78, 5) is 10.7. The molecule has 6 nitrogen and oxygen atoms in total. The molecule has 1 aliphatic heterocycles. The molecule has 3 aromatic heterocycles. The number of hydrogen-bond donors (Lipinski definition) is 0. The van der Waals surface area contributed by atoms with Gasteiger partial charge in [0.15, 0.2) is 11.3 Å². The number of aromatic nitrogens is 4. The van der Waals surface area contributed by atoms with Crippen molar-refractivity contribution in [2.24, 2.45) is 0 Å². The van der Waals surface area contributed by atoms with Crippen molar-refractivity contribution in [3.63, 3.8) is 0 Å². The Morgan fingerprint density at radius 1 is 1.12 bits per heavy atom. The van der Waals surface area contributed by atoms with Crippen LogP contribution in [0, 0.1) is 0 Å². The lowest BCUT2D eigenvalue weighted by molar-refractivity contribution is -0.142. The number of fused-ring (bicyclic) bond motifs is 1. The summed E-state index contributed by atoms with van der Waals surface area (Å²) in [5, 5.41) is 3.94. The van der Waals surface area contributed by atoms with E-state index in [1.54, 1.807) is 18.2 Å². The zero-order valence-electron chi connectivity index (χ0n) is 13.8. The fourth-order valence-electron chi connectivity index (χ4n) is 2.97. The smallest absolute Gasteiger partial charge is 0.379 e. The predicted molar refractivity (Wildman–Crippen MR) is 87.3 cm³/mol. The Labute approximate surface area is 147 Å². The van der Waals surface area contributed by atoms with Crippen molar-refractivity contribution in [1.29, 1.82) is 0 Å².